The van der Waals surface area contributed by atoms with Crippen LogP contribution in [0.3, 0.4) is 0 Å². The molecule has 0 radical (unpaired) electrons. The van der Waals surface area contributed by atoms with Crippen molar-refractivity contribution < 1.29 is 0 Å². The summed E-state index contributed by atoms with van der Waals surface area (Å²) in [7, 11) is 0. The smallest absolute Gasteiger partial charge is 0.0131 e. The first-order valence-corrected chi connectivity index (χ1v) is 17.5. The fourth-order valence-electron chi connectivity index (χ4n) is 8.57. The molecule has 0 aliphatic heterocycles. The molecule has 6 rings (SSSR count). The first-order chi connectivity index (χ1) is 21.2. The van der Waals surface area contributed by atoms with Crippen LogP contribution in [0.2, 0.25) is 0 Å². The Kier molecular flexibility index (Phi) is 9.82. The van der Waals surface area contributed by atoms with Gasteiger partial charge >= 0.3 is 0 Å². The van der Waals surface area contributed by atoms with Gasteiger partial charge in [-0.2, -0.15) is 0 Å². The summed E-state index contributed by atoms with van der Waals surface area (Å²) in [5, 5.41) is 0. The van der Waals surface area contributed by atoms with Crippen LogP contribution in [0.25, 0.3) is 22.3 Å². The van der Waals surface area contributed by atoms with E-state index >= 15 is 0 Å². The Hall–Kier alpha value is -3.12. The monoisotopic (exact) mass is 568 g/mol. The van der Waals surface area contributed by atoms with Gasteiger partial charge in [-0.3, -0.25) is 0 Å². The van der Waals surface area contributed by atoms with Crippen LogP contribution in [0.5, 0.6) is 0 Å². The summed E-state index contributed by atoms with van der Waals surface area (Å²) < 4.78 is 0. The van der Waals surface area contributed by atoms with Gasteiger partial charge in [0, 0.05) is 0 Å². The highest BCUT2D eigenvalue weighted by molar-refractivity contribution is 5.65. The summed E-state index contributed by atoms with van der Waals surface area (Å²) in [5.41, 5.74) is 11.4. The molecule has 43 heavy (non-hydrogen) atoms. The first-order valence-electron chi connectivity index (χ1n) is 17.5. The molecule has 0 spiro atoms. The van der Waals surface area contributed by atoms with Crippen molar-refractivity contribution in [1.29, 1.82) is 0 Å². The summed E-state index contributed by atoms with van der Waals surface area (Å²) in [6.45, 7) is 6.91. The summed E-state index contributed by atoms with van der Waals surface area (Å²) in [4.78, 5) is 0. The minimum Gasteiger partial charge on any atom is -0.0651 e. The molecule has 0 N–H and O–H groups in total. The van der Waals surface area contributed by atoms with Crippen molar-refractivity contribution >= 4 is 0 Å². The molecule has 0 amide bonds. The lowest BCUT2D eigenvalue weighted by Crippen LogP contribution is -2.34. The Balaban J connectivity index is 1.23. The lowest BCUT2D eigenvalue weighted by molar-refractivity contribution is 0.115. The van der Waals surface area contributed by atoms with Gasteiger partial charge in [0.2, 0.25) is 0 Å². The van der Waals surface area contributed by atoms with E-state index < -0.39 is 0 Å². The third kappa shape index (κ3) is 6.85. The number of hydrogen-bond acceptors (Lipinski definition) is 0. The molecule has 4 aromatic rings. The Morgan fingerprint density at radius 3 is 1.49 bits per heavy atom. The standard InChI is InChI=1S/C43H52/c1-4-9-33-14-19-35(20-15-33)37-23-27-39(28-24-37)41-29-16-32(6-3)30-43(41)42-11-8-7-10-40(42)38-25-21-36(22-26-38)34-17-12-31(5-2)13-18-34/h12-15,17-28,32,40-43H,4-11,16,29-30H2,1-3H3. The van der Waals surface area contributed by atoms with Gasteiger partial charge in [0.15, 0.2) is 0 Å². The van der Waals surface area contributed by atoms with Gasteiger partial charge in [-0.15, -0.1) is 0 Å². The molecule has 0 heteroatoms. The molecule has 2 fully saturated rings. The summed E-state index contributed by atoms with van der Waals surface area (Å²) in [6.07, 6.45) is 14.5. The van der Waals surface area contributed by atoms with Crippen molar-refractivity contribution in [3.8, 4) is 22.3 Å². The van der Waals surface area contributed by atoms with Crippen molar-refractivity contribution in [3.63, 3.8) is 0 Å². The van der Waals surface area contributed by atoms with Gasteiger partial charge in [-0.25, -0.2) is 0 Å². The average molecular weight is 569 g/mol. The summed E-state index contributed by atoms with van der Waals surface area (Å²) >= 11 is 0. The quantitative estimate of drug-likeness (QED) is 0.188. The van der Waals surface area contributed by atoms with Crippen molar-refractivity contribution in [3.05, 3.63) is 119 Å². The van der Waals surface area contributed by atoms with E-state index in [1.165, 1.54) is 97.6 Å². The molecule has 5 unspecified atom stereocenters. The minimum absolute atomic E-state index is 0.686. The van der Waals surface area contributed by atoms with E-state index in [1.807, 2.05) is 0 Å². The zero-order chi connectivity index (χ0) is 29.6. The van der Waals surface area contributed by atoms with Gasteiger partial charge in [-0.1, -0.05) is 144 Å². The molecule has 0 nitrogen and oxygen atoms in total. The van der Waals surface area contributed by atoms with Crippen molar-refractivity contribution in [2.24, 2.45) is 17.8 Å². The van der Waals surface area contributed by atoms with Crippen LogP contribution in [-0.2, 0) is 12.8 Å². The van der Waals surface area contributed by atoms with E-state index in [0.29, 0.717) is 11.8 Å². The maximum atomic E-state index is 2.48. The number of aryl methyl sites for hydroxylation is 2. The zero-order valence-corrected chi connectivity index (χ0v) is 26.9. The molecule has 2 aliphatic rings. The van der Waals surface area contributed by atoms with E-state index in [1.54, 1.807) is 11.1 Å². The van der Waals surface area contributed by atoms with Crippen LogP contribution in [0, 0.1) is 17.8 Å². The SMILES string of the molecule is CCCc1ccc(-c2ccc(C3CCC(CC)CC3C3CCCCC3c3ccc(-c4ccc(CC)cc4)cc3)cc2)cc1. The second-order valence-corrected chi connectivity index (χ2v) is 13.7. The molecule has 0 aromatic heterocycles. The number of rotatable bonds is 9. The normalized spacial score (nSPS) is 24.1. The Bertz CT molecular complexity index is 1410. The van der Waals surface area contributed by atoms with E-state index in [9.17, 15) is 0 Å². The molecule has 2 saturated carbocycles. The molecular weight excluding hydrogens is 516 g/mol. The summed E-state index contributed by atoms with van der Waals surface area (Å²) in [6, 6.07) is 37.9. The summed E-state index contributed by atoms with van der Waals surface area (Å²) in [5.74, 6) is 3.83. The molecule has 0 bridgehead atoms. The van der Waals surface area contributed by atoms with E-state index in [4.69, 9.17) is 0 Å². The van der Waals surface area contributed by atoms with E-state index in [0.717, 1.165) is 24.2 Å². The van der Waals surface area contributed by atoms with Crippen molar-refractivity contribution in [1.82, 2.24) is 0 Å². The first kappa shape index (κ1) is 29.9. The van der Waals surface area contributed by atoms with Gasteiger partial charge in [0.1, 0.15) is 0 Å². The van der Waals surface area contributed by atoms with E-state index in [-0.39, 0.29) is 0 Å². The maximum Gasteiger partial charge on any atom is -0.0131 e. The molecule has 2 aliphatic carbocycles. The highest BCUT2D eigenvalue weighted by Crippen LogP contribution is 2.53. The van der Waals surface area contributed by atoms with Gasteiger partial charge < -0.3 is 0 Å². The van der Waals surface area contributed by atoms with Gasteiger partial charge in [0.25, 0.3) is 0 Å². The van der Waals surface area contributed by atoms with Crippen LogP contribution in [0.1, 0.15) is 113 Å². The number of hydrogen-bond donors (Lipinski definition) is 0. The average Bonchev–Trinajstić information content (AvgIpc) is 3.09. The largest absolute Gasteiger partial charge is 0.0651 e. The predicted molar refractivity (Wildman–Crippen MR) is 186 cm³/mol. The highest BCUT2D eigenvalue weighted by atomic mass is 14.4. The Labute approximate surface area is 262 Å². The highest BCUT2D eigenvalue weighted by Gasteiger charge is 2.40. The molecule has 0 saturated heterocycles. The van der Waals surface area contributed by atoms with Crippen LogP contribution in [-0.4, -0.2) is 0 Å². The Morgan fingerprint density at radius 2 is 0.977 bits per heavy atom. The van der Waals surface area contributed by atoms with Crippen LogP contribution < -0.4 is 0 Å². The molecule has 5 atom stereocenters. The van der Waals surface area contributed by atoms with Gasteiger partial charge in [-0.05, 0) is 119 Å². The number of benzene rings is 4. The lowest BCUT2D eigenvalue weighted by Gasteiger charge is -2.45. The van der Waals surface area contributed by atoms with Crippen LogP contribution in [0.15, 0.2) is 97.1 Å². The van der Waals surface area contributed by atoms with Crippen molar-refractivity contribution in [2.45, 2.75) is 103 Å². The Morgan fingerprint density at radius 1 is 0.488 bits per heavy atom. The fourth-order valence-corrected chi connectivity index (χ4v) is 8.57. The minimum atomic E-state index is 0.686. The van der Waals surface area contributed by atoms with Gasteiger partial charge in [0.05, 0.1) is 0 Å². The van der Waals surface area contributed by atoms with Crippen LogP contribution >= 0.6 is 0 Å². The van der Waals surface area contributed by atoms with Crippen molar-refractivity contribution in [2.75, 3.05) is 0 Å². The van der Waals surface area contributed by atoms with E-state index in [2.05, 4.69) is 118 Å². The zero-order valence-electron chi connectivity index (χ0n) is 26.9. The third-order valence-electron chi connectivity index (χ3n) is 11.2. The maximum absolute atomic E-state index is 2.48. The second-order valence-electron chi connectivity index (χ2n) is 13.7. The molecular formula is C43H52. The molecule has 224 valence electrons. The topological polar surface area (TPSA) is 0 Å². The molecule has 0 heterocycles. The lowest BCUT2D eigenvalue weighted by atomic mass is 9.59. The third-order valence-corrected chi connectivity index (χ3v) is 11.2. The molecule has 4 aromatic carbocycles. The fraction of sp³-hybridized carbons (Fsp3) is 0.442. The second kappa shape index (κ2) is 14.1. The van der Waals surface area contributed by atoms with Crippen LogP contribution in [0.4, 0.5) is 0 Å². The predicted octanol–water partition coefficient (Wildman–Crippen LogP) is 12.4.